The molecule has 0 unspecified atom stereocenters. The van der Waals surface area contributed by atoms with E-state index in [0.29, 0.717) is 34.4 Å². The van der Waals surface area contributed by atoms with E-state index in [4.69, 9.17) is 4.74 Å². The van der Waals surface area contributed by atoms with Gasteiger partial charge in [-0.25, -0.2) is 22.8 Å². The largest absolute Gasteiger partial charge is 0.494 e. The molecule has 0 amide bonds. The number of nitrogens with zero attached hydrogens (tertiary/aromatic N) is 3. The van der Waals surface area contributed by atoms with E-state index < -0.39 is 27.4 Å². The fourth-order valence-electron chi connectivity index (χ4n) is 4.49. The van der Waals surface area contributed by atoms with Crippen molar-refractivity contribution < 1.29 is 23.1 Å². The van der Waals surface area contributed by atoms with Crippen molar-refractivity contribution in [1.29, 1.82) is 0 Å². The van der Waals surface area contributed by atoms with Crippen LogP contribution in [0.4, 0.5) is 5.00 Å². The number of benzene rings is 2. The highest BCUT2D eigenvalue weighted by Gasteiger charge is 2.24. The first-order chi connectivity index (χ1) is 19.1. The van der Waals surface area contributed by atoms with E-state index in [0.717, 1.165) is 15.0 Å². The Morgan fingerprint density at radius 3 is 2.40 bits per heavy atom. The Balaban J connectivity index is 1.94. The zero-order valence-corrected chi connectivity index (χ0v) is 24.6. The van der Waals surface area contributed by atoms with E-state index >= 15 is 0 Å². The van der Waals surface area contributed by atoms with E-state index in [2.05, 4.69) is 4.99 Å². The maximum atomic E-state index is 13.6. The smallest absolute Gasteiger partial charge is 0.341 e. The van der Waals surface area contributed by atoms with Crippen LogP contribution < -0.4 is 5.56 Å². The quantitative estimate of drug-likeness (QED) is 0.211. The molecule has 40 heavy (non-hydrogen) atoms. The Morgan fingerprint density at radius 2 is 1.75 bits per heavy atom. The molecule has 0 saturated carbocycles. The van der Waals surface area contributed by atoms with Gasteiger partial charge in [-0.1, -0.05) is 38.1 Å². The van der Waals surface area contributed by atoms with Gasteiger partial charge in [-0.2, -0.15) is 4.31 Å². The van der Waals surface area contributed by atoms with Crippen molar-refractivity contribution in [1.82, 2.24) is 8.87 Å². The minimum absolute atomic E-state index is 0.00647. The van der Waals surface area contributed by atoms with Crippen molar-refractivity contribution in [2.75, 3.05) is 19.7 Å². The summed E-state index contributed by atoms with van der Waals surface area (Å²) in [6.07, 6.45) is 1.41. The van der Waals surface area contributed by atoms with Crippen molar-refractivity contribution in [3.63, 3.8) is 0 Å². The molecule has 0 aliphatic rings. The Morgan fingerprint density at radius 1 is 1.07 bits per heavy atom. The monoisotopic (exact) mass is 581 g/mol. The molecule has 9 nitrogen and oxygen atoms in total. The number of sulfonamides is 1. The summed E-state index contributed by atoms with van der Waals surface area (Å²) in [6, 6.07) is 12.7. The molecule has 0 fully saturated rings. The zero-order valence-electron chi connectivity index (χ0n) is 23.0. The third-order valence-electron chi connectivity index (χ3n) is 6.68. The number of pyridine rings is 1. The number of carbonyl (C=O) groups excluding carboxylic acids is 1. The van der Waals surface area contributed by atoms with E-state index in [1.54, 1.807) is 51.1 Å². The lowest BCUT2D eigenvalue weighted by Crippen LogP contribution is -2.30. The molecular weight excluding hydrogens is 550 g/mol. The number of hydrogen-bond donors (Lipinski definition) is 1. The average molecular weight is 582 g/mol. The highest BCUT2D eigenvalue weighted by molar-refractivity contribution is 7.89. The summed E-state index contributed by atoms with van der Waals surface area (Å²) in [5.74, 6) is -0.894. The number of aliphatic imine (C=N–C) groups is 1. The van der Waals surface area contributed by atoms with Crippen LogP contribution in [0.2, 0.25) is 0 Å². The molecule has 1 N–H and O–H groups in total. The standard InChI is InChI=1S/C29H31N3O6S2/c1-6-31(7-2)40(36,37)21-13-11-12-20(16-21)32-27(33)23-15-10-9-14-22(23)24(28(32)34)17-30-26-25(29(35)38-8-3)18(4)19(5)39-26/h9-17,34H,6-8H2,1-5H3/b30-17+. The minimum atomic E-state index is -3.81. The first-order valence-corrected chi connectivity index (χ1v) is 15.1. The lowest BCUT2D eigenvalue weighted by molar-refractivity contribution is 0.0527. The van der Waals surface area contributed by atoms with Crippen LogP contribution in [0.15, 0.2) is 63.2 Å². The second-order valence-electron chi connectivity index (χ2n) is 8.95. The molecule has 2 aromatic carbocycles. The Labute approximate surface area is 237 Å². The second-order valence-corrected chi connectivity index (χ2v) is 12.1. The third-order valence-corrected chi connectivity index (χ3v) is 9.84. The van der Waals surface area contributed by atoms with Gasteiger partial charge >= 0.3 is 5.97 Å². The summed E-state index contributed by atoms with van der Waals surface area (Å²) in [7, 11) is -3.81. The number of esters is 1. The number of aryl methyl sites for hydroxylation is 1. The molecule has 4 aromatic rings. The molecule has 2 aromatic heterocycles. The van der Waals surface area contributed by atoms with Gasteiger partial charge in [0.1, 0.15) is 5.00 Å². The predicted octanol–water partition coefficient (Wildman–Crippen LogP) is 5.33. The highest BCUT2D eigenvalue weighted by Crippen LogP contribution is 2.36. The normalized spacial score (nSPS) is 12.1. The maximum Gasteiger partial charge on any atom is 0.341 e. The van der Waals surface area contributed by atoms with Crippen LogP contribution >= 0.6 is 11.3 Å². The molecule has 0 atom stereocenters. The SMILES string of the molecule is CCOC(=O)c1c(/N=C/c2c(O)n(-c3cccc(S(=O)(=O)N(CC)CC)c3)c(=O)c3ccccc23)sc(C)c1C. The second kappa shape index (κ2) is 11.7. The number of carbonyl (C=O) groups is 1. The summed E-state index contributed by atoms with van der Waals surface area (Å²) in [5.41, 5.74) is 1.03. The van der Waals surface area contributed by atoms with Gasteiger partial charge in [0, 0.05) is 35.0 Å². The molecule has 0 bridgehead atoms. The molecular formula is C29H31N3O6S2. The van der Waals surface area contributed by atoms with Crippen LogP contribution in [0.25, 0.3) is 16.5 Å². The first-order valence-electron chi connectivity index (χ1n) is 12.8. The van der Waals surface area contributed by atoms with Crippen LogP contribution in [0, 0.1) is 13.8 Å². The number of aromatic hydroxyl groups is 1. The van der Waals surface area contributed by atoms with Crippen LogP contribution in [0.3, 0.4) is 0 Å². The molecule has 0 aliphatic carbocycles. The molecule has 11 heteroatoms. The average Bonchev–Trinajstić information content (AvgIpc) is 3.22. The van der Waals surface area contributed by atoms with Gasteiger partial charge in [0.05, 0.1) is 28.3 Å². The Hall–Kier alpha value is -3.80. The molecule has 0 spiro atoms. The number of ether oxygens (including phenoxy) is 1. The van der Waals surface area contributed by atoms with Gasteiger partial charge in [0.25, 0.3) is 5.56 Å². The van der Waals surface area contributed by atoms with Gasteiger partial charge in [-0.05, 0) is 50.6 Å². The highest BCUT2D eigenvalue weighted by atomic mass is 32.2. The van der Waals surface area contributed by atoms with Gasteiger partial charge in [-0.15, -0.1) is 11.3 Å². The number of thiophene rings is 1. The van der Waals surface area contributed by atoms with E-state index in [-0.39, 0.29) is 22.8 Å². The van der Waals surface area contributed by atoms with Crippen LogP contribution in [0.1, 0.15) is 47.1 Å². The first kappa shape index (κ1) is 29.2. The van der Waals surface area contributed by atoms with Crippen molar-refractivity contribution >= 4 is 49.3 Å². The summed E-state index contributed by atoms with van der Waals surface area (Å²) in [5, 5.41) is 12.6. The fourth-order valence-corrected chi connectivity index (χ4v) is 6.98. The predicted molar refractivity (Wildman–Crippen MR) is 158 cm³/mol. The lowest BCUT2D eigenvalue weighted by Gasteiger charge is -2.19. The Bertz CT molecular complexity index is 1780. The lowest BCUT2D eigenvalue weighted by atomic mass is 10.1. The van der Waals surface area contributed by atoms with Crippen molar-refractivity contribution in [3.05, 3.63) is 80.5 Å². The summed E-state index contributed by atoms with van der Waals surface area (Å²) >= 11 is 1.32. The van der Waals surface area contributed by atoms with Gasteiger partial charge in [-0.3, -0.25) is 4.79 Å². The van der Waals surface area contributed by atoms with E-state index in [1.807, 2.05) is 13.8 Å². The van der Waals surface area contributed by atoms with Gasteiger partial charge in [0.2, 0.25) is 15.9 Å². The van der Waals surface area contributed by atoms with Crippen molar-refractivity contribution in [2.24, 2.45) is 4.99 Å². The topological polar surface area (TPSA) is 118 Å². The van der Waals surface area contributed by atoms with E-state index in [9.17, 15) is 23.1 Å². The number of aromatic nitrogens is 1. The fraction of sp³-hybridized carbons (Fsp3) is 0.276. The number of rotatable bonds is 9. The molecule has 0 aliphatic heterocycles. The minimum Gasteiger partial charge on any atom is -0.494 e. The summed E-state index contributed by atoms with van der Waals surface area (Å²) in [4.78, 5) is 31.7. The molecule has 0 radical (unpaired) electrons. The van der Waals surface area contributed by atoms with Crippen LogP contribution in [-0.2, 0) is 14.8 Å². The summed E-state index contributed by atoms with van der Waals surface area (Å²) < 4.78 is 33.9. The molecule has 210 valence electrons. The summed E-state index contributed by atoms with van der Waals surface area (Å²) in [6.45, 7) is 9.74. The zero-order chi connectivity index (χ0) is 29.2. The van der Waals surface area contributed by atoms with Crippen molar-refractivity contribution in [3.8, 4) is 11.6 Å². The van der Waals surface area contributed by atoms with Crippen molar-refractivity contribution in [2.45, 2.75) is 39.5 Å². The maximum absolute atomic E-state index is 13.6. The van der Waals surface area contributed by atoms with Crippen LogP contribution in [-0.4, -0.2) is 54.3 Å². The Kier molecular flexibility index (Phi) is 8.57. The number of hydrogen-bond acceptors (Lipinski definition) is 8. The molecule has 4 rings (SSSR count). The van der Waals surface area contributed by atoms with Crippen LogP contribution in [0.5, 0.6) is 5.88 Å². The third kappa shape index (κ3) is 5.19. The van der Waals surface area contributed by atoms with Gasteiger partial charge < -0.3 is 9.84 Å². The molecule has 2 heterocycles. The molecule has 0 saturated heterocycles. The number of fused-ring (bicyclic) bond motifs is 1. The van der Waals surface area contributed by atoms with Gasteiger partial charge in [0.15, 0.2) is 0 Å². The van der Waals surface area contributed by atoms with E-state index in [1.165, 1.54) is 40.1 Å².